The van der Waals surface area contributed by atoms with Crippen molar-refractivity contribution in [2.75, 3.05) is 5.32 Å². The molecule has 0 spiro atoms. The fourth-order valence-corrected chi connectivity index (χ4v) is 3.30. The van der Waals surface area contributed by atoms with Crippen LogP contribution in [0.3, 0.4) is 0 Å². The Hall–Kier alpha value is -3.72. The molecule has 1 aromatic heterocycles. The Morgan fingerprint density at radius 3 is 2.70 bits per heavy atom. The topological polar surface area (TPSA) is 118 Å². The quantitative estimate of drug-likeness (QED) is 0.305. The summed E-state index contributed by atoms with van der Waals surface area (Å²) in [5, 5.41) is 23.4. The van der Waals surface area contributed by atoms with Crippen molar-refractivity contribution in [1.29, 1.82) is 0 Å². The number of amides is 1. The second-order valence-corrected chi connectivity index (χ2v) is 7.43. The van der Waals surface area contributed by atoms with Gasteiger partial charge < -0.3 is 14.8 Å². The highest BCUT2D eigenvalue weighted by atomic mass is 79.9. The first kappa shape index (κ1) is 19.6. The third-order valence-electron chi connectivity index (χ3n) is 4.51. The minimum Gasteiger partial charge on any atom is -0.507 e. The SMILES string of the molecule is Cc1ccc(C(=O)Nc2ccc3oc(-c4ccc(O)c(Br)c4)nc3c2)cc1[N+](=O)[O-]. The van der Waals surface area contributed by atoms with Crippen LogP contribution in [0.2, 0.25) is 0 Å². The highest BCUT2D eigenvalue weighted by molar-refractivity contribution is 9.10. The summed E-state index contributed by atoms with van der Waals surface area (Å²) in [5.41, 5.74) is 2.76. The molecule has 0 radical (unpaired) electrons. The van der Waals surface area contributed by atoms with E-state index in [1.54, 1.807) is 37.3 Å². The summed E-state index contributed by atoms with van der Waals surface area (Å²) in [6, 6.07) is 14.2. The number of carbonyl (C=O) groups excluding carboxylic acids is 1. The summed E-state index contributed by atoms with van der Waals surface area (Å²) >= 11 is 3.26. The summed E-state index contributed by atoms with van der Waals surface area (Å²) in [7, 11) is 0. The van der Waals surface area contributed by atoms with Gasteiger partial charge in [0.1, 0.15) is 11.3 Å². The lowest BCUT2D eigenvalue weighted by molar-refractivity contribution is -0.385. The van der Waals surface area contributed by atoms with Gasteiger partial charge in [-0.15, -0.1) is 0 Å². The van der Waals surface area contributed by atoms with E-state index in [1.807, 2.05) is 0 Å². The van der Waals surface area contributed by atoms with Gasteiger partial charge in [0.25, 0.3) is 11.6 Å². The molecule has 30 heavy (non-hydrogen) atoms. The molecule has 1 heterocycles. The molecule has 0 aliphatic carbocycles. The highest BCUT2D eigenvalue weighted by Gasteiger charge is 2.16. The maximum atomic E-state index is 12.5. The zero-order chi connectivity index (χ0) is 21.4. The summed E-state index contributed by atoms with van der Waals surface area (Å²) in [6.07, 6.45) is 0. The predicted octanol–water partition coefficient (Wildman–Crippen LogP) is 5.43. The number of benzene rings is 3. The second kappa shape index (κ2) is 7.60. The largest absolute Gasteiger partial charge is 0.507 e. The molecule has 1 amide bonds. The molecule has 4 rings (SSSR count). The van der Waals surface area contributed by atoms with E-state index in [4.69, 9.17) is 4.42 Å². The monoisotopic (exact) mass is 467 g/mol. The van der Waals surface area contributed by atoms with E-state index < -0.39 is 10.8 Å². The van der Waals surface area contributed by atoms with Gasteiger partial charge in [0.15, 0.2) is 5.58 Å². The normalized spacial score (nSPS) is 10.9. The molecular weight excluding hydrogens is 454 g/mol. The molecule has 3 aromatic carbocycles. The third kappa shape index (κ3) is 3.74. The molecule has 0 saturated carbocycles. The number of oxazole rings is 1. The highest BCUT2D eigenvalue weighted by Crippen LogP contribution is 2.31. The number of nitrogens with zero attached hydrogens (tertiary/aromatic N) is 2. The molecule has 4 aromatic rings. The molecular formula is C21H14BrN3O5. The first-order valence-electron chi connectivity index (χ1n) is 8.78. The van der Waals surface area contributed by atoms with Crippen LogP contribution >= 0.6 is 15.9 Å². The first-order valence-corrected chi connectivity index (χ1v) is 9.57. The van der Waals surface area contributed by atoms with Crippen molar-refractivity contribution in [3.05, 3.63) is 80.3 Å². The number of aromatic nitrogens is 1. The fourth-order valence-electron chi connectivity index (χ4n) is 2.92. The number of aromatic hydroxyl groups is 1. The van der Waals surface area contributed by atoms with Gasteiger partial charge >= 0.3 is 0 Å². The van der Waals surface area contributed by atoms with Crippen molar-refractivity contribution in [2.45, 2.75) is 6.92 Å². The molecule has 0 unspecified atom stereocenters. The number of phenolic OH excluding ortho intramolecular Hbond substituents is 1. The lowest BCUT2D eigenvalue weighted by atomic mass is 10.1. The van der Waals surface area contributed by atoms with Crippen LogP contribution in [0.15, 0.2) is 63.5 Å². The summed E-state index contributed by atoms with van der Waals surface area (Å²) in [4.78, 5) is 27.5. The van der Waals surface area contributed by atoms with Crippen LogP contribution in [0.25, 0.3) is 22.6 Å². The number of nitro groups is 1. The van der Waals surface area contributed by atoms with E-state index in [0.717, 1.165) is 0 Å². The summed E-state index contributed by atoms with van der Waals surface area (Å²) in [5.74, 6) is 0.00294. The maximum absolute atomic E-state index is 12.5. The standard InChI is InChI=1S/C21H14BrN3O5/c1-11-2-3-12(9-17(11)25(28)29)20(27)23-14-5-7-19-16(10-14)24-21(30-19)13-4-6-18(26)15(22)8-13/h2-10,26H,1H3,(H,23,27). The van der Waals surface area contributed by atoms with Crippen LogP contribution in [0.1, 0.15) is 15.9 Å². The van der Waals surface area contributed by atoms with Crippen LogP contribution in [0, 0.1) is 17.0 Å². The van der Waals surface area contributed by atoms with Gasteiger partial charge in [0.05, 0.1) is 9.40 Å². The smallest absolute Gasteiger partial charge is 0.273 e. The van der Waals surface area contributed by atoms with E-state index in [9.17, 15) is 20.0 Å². The van der Waals surface area contributed by atoms with Gasteiger partial charge in [0, 0.05) is 28.4 Å². The number of hydrogen-bond acceptors (Lipinski definition) is 6. The minimum absolute atomic E-state index is 0.108. The molecule has 2 N–H and O–H groups in total. The molecule has 150 valence electrons. The number of hydrogen-bond donors (Lipinski definition) is 2. The molecule has 0 saturated heterocycles. The Labute approximate surface area is 178 Å². The van der Waals surface area contributed by atoms with Gasteiger partial charge in [-0.25, -0.2) is 4.98 Å². The number of halogens is 1. The number of phenols is 1. The van der Waals surface area contributed by atoms with Crippen LogP contribution in [0.4, 0.5) is 11.4 Å². The van der Waals surface area contributed by atoms with Crippen molar-refractivity contribution >= 4 is 44.3 Å². The number of rotatable bonds is 4. The van der Waals surface area contributed by atoms with Crippen LogP contribution in [-0.4, -0.2) is 20.9 Å². The van der Waals surface area contributed by atoms with Crippen molar-refractivity contribution < 1.29 is 19.2 Å². The van der Waals surface area contributed by atoms with E-state index in [1.165, 1.54) is 24.3 Å². The van der Waals surface area contributed by atoms with Crippen LogP contribution < -0.4 is 5.32 Å². The maximum Gasteiger partial charge on any atom is 0.273 e. The van der Waals surface area contributed by atoms with Crippen molar-refractivity contribution in [3.63, 3.8) is 0 Å². The molecule has 9 heteroatoms. The van der Waals surface area contributed by atoms with Crippen molar-refractivity contribution in [2.24, 2.45) is 0 Å². The Kier molecular flexibility index (Phi) is 4.96. The van der Waals surface area contributed by atoms with E-state index >= 15 is 0 Å². The number of aryl methyl sites for hydroxylation is 1. The molecule has 0 aliphatic rings. The number of carbonyl (C=O) groups is 1. The summed E-state index contributed by atoms with van der Waals surface area (Å²) < 4.78 is 6.26. The third-order valence-corrected chi connectivity index (χ3v) is 5.14. The van der Waals surface area contributed by atoms with Gasteiger partial charge in [0.2, 0.25) is 5.89 Å². The summed E-state index contributed by atoms with van der Waals surface area (Å²) in [6.45, 7) is 1.61. The van der Waals surface area contributed by atoms with Crippen molar-refractivity contribution in [3.8, 4) is 17.2 Å². The predicted molar refractivity (Wildman–Crippen MR) is 115 cm³/mol. The van der Waals surface area contributed by atoms with Crippen LogP contribution in [0.5, 0.6) is 5.75 Å². The zero-order valence-electron chi connectivity index (χ0n) is 15.5. The van der Waals surface area contributed by atoms with Crippen molar-refractivity contribution in [1.82, 2.24) is 4.98 Å². The number of nitrogens with one attached hydrogen (secondary N) is 1. The van der Waals surface area contributed by atoms with E-state index in [2.05, 4.69) is 26.2 Å². The van der Waals surface area contributed by atoms with Crippen LogP contribution in [-0.2, 0) is 0 Å². The molecule has 0 bridgehead atoms. The molecule has 0 fully saturated rings. The zero-order valence-corrected chi connectivity index (χ0v) is 17.1. The van der Waals surface area contributed by atoms with Gasteiger partial charge in [-0.05, 0) is 65.3 Å². The van der Waals surface area contributed by atoms with Gasteiger partial charge in [-0.3, -0.25) is 14.9 Å². The Morgan fingerprint density at radius 2 is 1.97 bits per heavy atom. The second-order valence-electron chi connectivity index (χ2n) is 6.58. The average molecular weight is 468 g/mol. The van der Waals surface area contributed by atoms with Gasteiger partial charge in [-0.1, -0.05) is 6.07 Å². The molecule has 0 atom stereocenters. The lowest BCUT2D eigenvalue weighted by Gasteiger charge is -2.06. The number of fused-ring (bicyclic) bond motifs is 1. The molecule has 8 nitrogen and oxygen atoms in total. The Bertz CT molecular complexity index is 1320. The Balaban J connectivity index is 1.61. The first-order chi connectivity index (χ1) is 14.3. The lowest BCUT2D eigenvalue weighted by Crippen LogP contribution is -2.12. The van der Waals surface area contributed by atoms with E-state index in [0.29, 0.717) is 38.3 Å². The van der Waals surface area contributed by atoms with E-state index in [-0.39, 0.29) is 17.0 Å². The fraction of sp³-hybridized carbons (Fsp3) is 0.0476. The Morgan fingerprint density at radius 1 is 1.17 bits per heavy atom. The van der Waals surface area contributed by atoms with Gasteiger partial charge in [-0.2, -0.15) is 0 Å². The minimum atomic E-state index is -0.517. The number of anilines is 1. The average Bonchev–Trinajstić information content (AvgIpc) is 3.13. The number of nitro benzene ring substituents is 1. The molecule has 0 aliphatic heterocycles.